The lowest BCUT2D eigenvalue weighted by atomic mass is 9.61. The Hall–Kier alpha value is -3.80. The molecule has 1 amide bonds. The van der Waals surface area contributed by atoms with E-state index in [0.717, 1.165) is 76.3 Å². The summed E-state index contributed by atoms with van der Waals surface area (Å²) in [5, 5.41) is 7.07. The third-order valence-corrected chi connectivity index (χ3v) is 10.9. The molecule has 5 heterocycles. The Morgan fingerprint density at radius 2 is 1.68 bits per heavy atom. The van der Waals surface area contributed by atoms with Crippen molar-refractivity contribution in [2.75, 3.05) is 75.1 Å². The van der Waals surface area contributed by atoms with Crippen molar-refractivity contribution in [2.24, 2.45) is 11.1 Å². The maximum atomic E-state index is 12.8. The number of piperazine rings is 1. The average molecular weight is 640 g/mol. The second-order valence-corrected chi connectivity index (χ2v) is 14.2. The van der Waals surface area contributed by atoms with Gasteiger partial charge in [-0.05, 0) is 100 Å². The number of benzene rings is 1. The monoisotopic (exact) mass is 639 g/mol. The Bertz CT molecular complexity index is 1580. The van der Waals surface area contributed by atoms with Crippen LogP contribution in [0.2, 0.25) is 0 Å². The molecule has 3 saturated heterocycles. The number of piperidine rings is 1. The molecule has 0 unspecified atom stereocenters. The summed E-state index contributed by atoms with van der Waals surface area (Å²) in [5.74, 6) is 0.322. The molecule has 4 N–H and O–H groups in total. The average Bonchev–Trinajstić information content (AvgIpc) is 3.05. The second kappa shape index (κ2) is 13.4. The van der Waals surface area contributed by atoms with Gasteiger partial charge in [0, 0.05) is 82.1 Å². The number of aromatic nitrogens is 3. The number of aryl methyl sites for hydroxylation is 2. The molecule has 250 valence electrons. The first kappa shape index (κ1) is 31.8. The number of carbonyl (C=O) groups excluding carboxylic acids is 1. The highest BCUT2D eigenvalue weighted by Gasteiger charge is 2.45. The normalized spacial score (nSPS) is 21.0. The van der Waals surface area contributed by atoms with Crippen LogP contribution in [0.5, 0.6) is 0 Å². The molecule has 1 aliphatic carbocycles. The van der Waals surface area contributed by atoms with E-state index in [0.29, 0.717) is 34.5 Å². The number of ether oxygens (including phenoxy) is 1. The minimum atomic E-state index is -0.636. The molecule has 2 aromatic heterocycles. The summed E-state index contributed by atoms with van der Waals surface area (Å²) in [6.07, 6.45) is 8.44. The van der Waals surface area contributed by atoms with E-state index in [4.69, 9.17) is 20.4 Å². The van der Waals surface area contributed by atoms with Crippen molar-refractivity contribution in [2.45, 2.75) is 64.5 Å². The topological polar surface area (TPSA) is 125 Å². The number of anilines is 4. The fourth-order valence-electron chi connectivity index (χ4n) is 8.07. The molecule has 1 spiro atoms. The highest BCUT2D eigenvalue weighted by atomic mass is 16.5. The number of nitrogens with two attached hydrogens (primary N) is 1. The van der Waals surface area contributed by atoms with E-state index >= 15 is 0 Å². The number of primary amides is 1. The quantitative estimate of drug-likeness (QED) is 0.323. The molecule has 7 rings (SSSR count). The van der Waals surface area contributed by atoms with Gasteiger partial charge in [0.15, 0.2) is 17.3 Å². The summed E-state index contributed by atoms with van der Waals surface area (Å²) >= 11 is 0. The van der Waals surface area contributed by atoms with Crippen LogP contribution in [0.4, 0.5) is 23.0 Å². The molecule has 0 radical (unpaired) electrons. The van der Waals surface area contributed by atoms with Gasteiger partial charge in [0.05, 0.1) is 5.69 Å². The molecular formula is C36H49N9O2. The number of rotatable bonds is 8. The number of hydrogen-bond acceptors (Lipinski definition) is 10. The third-order valence-electron chi connectivity index (χ3n) is 10.9. The standard InChI is InChI=1S/C36H49N9O2/c1-24-5-4-12-38-30(24)31-34(40-27-22-36(23-27)10-19-47-20-11-36)42-35(32(41-31)33(37)46)39-26-6-7-29(25(2)21-26)45-13-8-28(9-14-45)44-17-15-43(3)16-18-44/h4-7,12,21,27-28H,8-11,13-20,22-23H2,1-3H3,(H2,37,46)(H2,39,40,42). The van der Waals surface area contributed by atoms with Crippen LogP contribution < -0.4 is 21.3 Å². The van der Waals surface area contributed by atoms with Crippen LogP contribution in [0.15, 0.2) is 36.5 Å². The van der Waals surface area contributed by atoms with E-state index in [1.165, 1.54) is 37.2 Å². The number of carbonyl (C=O) groups is 1. The summed E-state index contributed by atoms with van der Waals surface area (Å²) in [6, 6.07) is 11.2. The van der Waals surface area contributed by atoms with E-state index in [9.17, 15) is 4.79 Å². The zero-order valence-electron chi connectivity index (χ0n) is 28.1. The van der Waals surface area contributed by atoms with Crippen molar-refractivity contribution < 1.29 is 9.53 Å². The van der Waals surface area contributed by atoms with Crippen molar-refractivity contribution in [3.05, 3.63) is 53.3 Å². The first-order chi connectivity index (χ1) is 22.8. The first-order valence-corrected chi connectivity index (χ1v) is 17.3. The predicted octanol–water partition coefficient (Wildman–Crippen LogP) is 4.59. The predicted molar refractivity (Wildman–Crippen MR) is 186 cm³/mol. The van der Waals surface area contributed by atoms with E-state index < -0.39 is 5.91 Å². The van der Waals surface area contributed by atoms with Crippen molar-refractivity contribution in [1.82, 2.24) is 24.8 Å². The van der Waals surface area contributed by atoms with E-state index in [1.807, 2.05) is 19.1 Å². The Labute approximate surface area is 278 Å². The van der Waals surface area contributed by atoms with Gasteiger partial charge in [0.1, 0.15) is 5.69 Å². The molecule has 47 heavy (non-hydrogen) atoms. The Morgan fingerprint density at radius 3 is 2.36 bits per heavy atom. The second-order valence-electron chi connectivity index (χ2n) is 14.2. The number of nitrogens with zero attached hydrogens (tertiary/aromatic N) is 6. The van der Waals surface area contributed by atoms with Gasteiger partial charge in [0.25, 0.3) is 5.91 Å². The minimum absolute atomic E-state index is 0.0952. The molecule has 3 aromatic rings. The fourth-order valence-corrected chi connectivity index (χ4v) is 8.07. The highest BCUT2D eigenvalue weighted by molar-refractivity contribution is 5.97. The van der Waals surface area contributed by atoms with Gasteiger partial charge in [-0.15, -0.1) is 0 Å². The maximum absolute atomic E-state index is 12.8. The molecular weight excluding hydrogens is 590 g/mol. The van der Waals surface area contributed by atoms with Gasteiger partial charge in [-0.3, -0.25) is 14.7 Å². The summed E-state index contributed by atoms with van der Waals surface area (Å²) in [4.78, 5) is 34.8. The van der Waals surface area contributed by atoms with Crippen LogP contribution in [0, 0.1) is 19.3 Å². The van der Waals surface area contributed by atoms with E-state index in [2.05, 4.69) is 62.5 Å². The molecule has 0 bridgehead atoms. The Balaban J connectivity index is 1.10. The molecule has 4 fully saturated rings. The molecule has 11 heteroatoms. The number of pyridine rings is 1. The van der Waals surface area contributed by atoms with Crippen LogP contribution in [0.1, 0.15) is 60.1 Å². The Morgan fingerprint density at radius 1 is 0.936 bits per heavy atom. The fraction of sp³-hybridized carbons (Fsp3) is 0.556. The molecule has 1 aromatic carbocycles. The van der Waals surface area contributed by atoms with Gasteiger partial charge in [-0.1, -0.05) is 6.07 Å². The lowest BCUT2D eigenvalue weighted by molar-refractivity contribution is -0.0342. The summed E-state index contributed by atoms with van der Waals surface area (Å²) in [7, 11) is 2.22. The van der Waals surface area contributed by atoms with Gasteiger partial charge in [-0.25, -0.2) is 9.97 Å². The highest BCUT2D eigenvalue weighted by Crippen LogP contribution is 2.50. The summed E-state index contributed by atoms with van der Waals surface area (Å²) in [5.41, 5.74) is 11.8. The molecule has 1 saturated carbocycles. The lowest BCUT2D eigenvalue weighted by Crippen LogP contribution is -2.52. The van der Waals surface area contributed by atoms with Gasteiger partial charge < -0.3 is 30.9 Å². The van der Waals surface area contributed by atoms with Crippen LogP contribution in [0.25, 0.3) is 11.4 Å². The third kappa shape index (κ3) is 6.79. The van der Waals surface area contributed by atoms with Gasteiger partial charge in [0.2, 0.25) is 0 Å². The van der Waals surface area contributed by atoms with E-state index in [-0.39, 0.29) is 11.7 Å². The molecule has 0 atom stereocenters. The number of likely N-dealkylation sites (N-methyl/N-ethyl adjacent to an activating group) is 1. The van der Waals surface area contributed by atoms with Crippen LogP contribution in [-0.2, 0) is 4.74 Å². The van der Waals surface area contributed by atoms with Crippen LogP contribution >= 0.6 is 0 Å². The van der Waals surface area contributed by atoms with Crippen molar-refractivity contribution in [3.63, 3.8) is 0 Å². The summed E-state index contributed by atoms with van der Waals surface area (Å²) in [6.45, 7) is 12.6. The smallest absolute Gasteiger partial charge is 0.271 e. The molecule has 3 aliphatic heterocycles. The van der Waals surface area contributed by atoms with E-state index in [1.54, 1.807) is 6.20 Å². The lowest BCUT2D eigenvalue weighted by Gasteiger charge is -2.50. The van der Waals surface area contributed by atoms with Crippen LogP contribution in [-0.4, -0.2) is 102 Å². The minimum Gasteiger partial charge on any atom is -0.381 e. The molecule has 4 aliphatic rings. The largest absolute Gasteiger partial charge is 0.381 e. The van der Waals surface area contributed by atoms with Crippen molar-refractivity contribution in [3.8, 4) is 11.4 Å². The van der Waals surface area contributed by atoms with Gasteiger partial charge >= 0.3 is 0 Å². The zero-order valence-corrected chi connectivity index (χ0v) is 28.1. The zero-order chi connectivity index (χ0) is 32.5. The Kier molecular flexibility index (Phi) is 9.04. The molecule has 11 nitrogen and oxygen atoms in total. The first-order valence-electron chi connectivity index (χ1n) is 17.3. The van der Waals surface area contributed by atoms with Gasteiger partial charge in [-0.2, -0.15) is 0 Å². The number of hydrogen-bond donors (Lipinski definition) is 3. The SMILES string of the molecule is Cc1cc(Nc2nc(NC3CC4(CCOCC4)C3)c(-c3ncccc3C)nc2C(N)=O)ccc1N1CCC(N2CCN(C)CC2)CC1. The number of nitrogens with one attached hydrogen (secondary N) is 2. The van der Waals surface area contributed by atoms with Crippen molar-refractivity contribution >= 4 is 28.9 Å². The van der Waals surface area contributed by atoms with Crippen molar-refractivity contribution in [1.29, 1.82) is 0 Å². The number of amides is 1. The maximum Gasteiger partial charge on any atom is 0.271 e. The van der Waals surface area contributed by atoms with Crippen LogP contribution in [0.3, 0.4) is 0 Å². The summed E-state index contributed by atoms with van der Waals surface area (Å²) < 4.78 is 5.62.